The zero-order valence-corrected chi connectivity index (χ0v) is 20.4. The summed E-state index contributed by atoms with van der Waals surface area (Å²) in [7, 11) is -3.29. The maximum Gasteiger partial charge on any atom is 0.238 e. The molecule has 1 saturated heterocycles. The number of pyridine rings is 2. The van der Waals surface area contributed by atoms with Crippen molar-refractivity contribution in [3.05, 3.63) is 63.6 Å². The molecule has 0 N–H and O–H groups in total. The van der Waals surface area contributed by atoms with Crippen LogP contribution in [0, 0.1) is 0 Å². The maximum absolute atomic E-state index is 13.8. The number of nitrogens with zero attached hydrogens (tertiary/aromatic N) is 4. The molecule has 2 aliphatic heterocycles. The number of benzene rings is 1. The van der Waals surface area contributed by atoms with E-state index in [0.29, 0.717) is 31.0 Å². The van der Waals surface area contributed by atoms with Gasteiger partial charge in [-0.05, 0) is 57.9 Å². The van der Waals surface area contributed by atoms with Crippen molar-refractivity contribution in [2.75, 3.05) is 24.2 Å². The van der Waals surface area contributed by atoms with Crippen LogP contribution in [0.5, 0.6) is 0 Å². The molecule has 32 heavy (non-hydrogen) atoms. The molecule has 4 heterocycles. The number of sulfonamides is 1. The van der Waals surface area contributed by atoms with Crippen molar-refractivity contribution in [1.82, 2.24) is 14.3 Å². The van der Waals surface area contributed by atoms with Crippen molar-refractivity contribution in [1.29, 1.82) is 0 Å². The van der Waals surface area contributed by atoms with Gasteiger partial charge in [0.2, 0.25) is 15.9 Å². The average Bonchev–Trinajstić information content (AvgIpc) is 2.98. The zero-order valence-electron chi connectivity index (χ0n) is 17.3. The van der Waals surface area contributed by atoms with Crippen molar-refractivity contribution >= 4 is 59.9 Å². The van der Waals surface area contributed by atoms with Crippen LogP contribution in [0.25, 0.3) is 10.8 Å². The third kappa shape index (κ3) is 3.42. The lowest BCUT2D eigenvalue weighted by Crippen LogP contribution is -2.49. The molecule has 0 saturated carbocycles. The second kappa shape index (κ2) is 7.76. The lowest BCUT2D eigenvalue weighted by atomic mass is 9.74. The fourth-order valence-electron chi connectivity index (χ4n) is 4.79. The summed E-state index contributed by atoms with van der Waals surface area (Å²) in [5.41, 5.74) is 1.66. The van der Waals surface area contributed by atoms with Crippen molar-refractivity contribution in [2.24, 2.45) is 0 Å². The Morgan fingerprint density at radius 2 is 1.94 bits per heavy atom. The Hall–Kier alpha value is -2.07. The van der Waals surface area contributed by atoms with Gasteiger partial charge in [-0.1, -0.05) is 17.7 Å². The van der Waals surface area contributed by atoms with Gasteiger partial charge in [-0.3, -0.25) is 14.8 Å². The van der Waals surface area contributed by atoms with Crippen LogP contribution in [0.3, 0.4) is 0 Å². The molecule has 1 aromatic carbocycles. The number of halogens is 2. The quantitative estimate of drug-likeness (QED) is 0.508. The van der Waals surface area contributed by atoms with Crippen LogP contribution >= 0.6 is 27.5 Å². The summed E-state index contributed by atoms with van der Waals surface area (Å²) in [4.78, 5) is 24.4. The zero-order chi connectivity index (χ0) is 22.7. The molecular formula is C22H20BrClN4O3S. The number of hydrogen-bond donors (Lipinski definition) is 0. The Morgan fingerprint density at radius 1 is 1.19 bits per heavy atom. The van der Waals surface area contributed by atoms with E-state index in [4.69, 9.17) is 11.6 Å². The van der Waals surface area contributed by atoms with Crippen LogP contribution in [0.1, 0.15) is 24.1 Å². The Labute approximate surface area is 199 Å². The van der Waals surface area contributed by atoms with Crippen LogP contribution in [-0.4, -0.2) is 47.9 Å². The van der Waals surface area contributed by atoms with E-state index in [1.165, 1.54) is 10.6 Å². The van der Waals surface area contributed by atoms with Crippen molar-refractivity contribution in [2.45, 2.75) is 24.8 Å². The third-order valence-corrected chi connectivity index (χ3v) is 8.90. The van der Waals surface area contributed by atoms with Gasteiger partial charge in [0.1, 0.15) is 0 Å². The van der Waals surface area contributed by atoms with Gasteiger partial charge in [-0.25, -0.2) is 12.7 Å². The molecule has 10 heteroatoms. The van der Waals surface area contributed by atoms with Crippen molar-refractivity contribution in [3.63, 3.8) is 0 Å². The topological polar surface area (TPSA) is 83.5 Å². The van der Waals surface area contributed by atoms with Crippen LogP contribution in [0.4, 0.5) is 5.69 Å². The Morgan fingerprint density at radius 3 is 2.66 bits per heavy atom. The van der Waals surface area contributed by atoms with Crippen LogP contribution in [-0.2, 0) is 26.8 Å². The van der Waals surface area contributed by atoms with Gasteiger partial charge in [0, 0.05) is 40.4 Å². The molecule has 1 fully saturated rings. The summed E-state index contributed by atoms with van der Waals surface area (Å²) in [6.45, 7) is 0.923. The van der Waals surface area contributed by atoms with Gasteiger partial charge in [-0.15, -0.1) is 0 Å². The van der Waals surface area contributed by atoms with Gasteiger partial charge in [0.25, 0.3) is 0 Å². The number of carbonyl (C=O) groups is 1. The number of anilines is 1. The van der Waals surface area contributed by atoms with Crippen LogP contribution in [0.2, 0.25) is 5.02 Å². The monoisotopic (exact) mass is 534 g/mol. The Balaban J connectivity index is 1.51. The number of amides is 1. The smallest absolute Gasteiger partial charge is 0.238 e. The predicted octanol–water partition coefficient (Wildman–Crippen LogP) is 3.89. The minimum Gasteiger partial charge on any atom is -0.304 e. The maximum atomic E-state index is 13.8. The molecular weight excluding hydrogens is 516 g/mol. The molecule has 5 rings (SSSR count). The Bertz CT molecular complexity index is 1360. The first kappa shape index (κ1) is 21.8. The number of aromatic nitrogens is 2. The van der Waals surface area contributed by atoms with Gasteiger partial charge in [0.15, 0.2) is 0 Å². The molecule has 166 valence electrons. The fraction of sp³-hybridized carbons (Fsp3) is 0.318. The van der Waals surface area contributed by atoms with Crippen LogP contribution in [0.15, 0.2) is 47.3 Å². The van der Waals surface area contributed by atoms with Gasteiger partial charge in [-0.2, -0.15) is 0 Å². The van der Waals surface area contributed by atoms with Gasteiger partial charge < -0.3 is 4.90 Å². The minimum atomic E-state index is -3.29. The second-order valence-corrected chi connectivity index (χ2v) is 11.5. The standard InChI is InChI=1S/C22H20BrClN4O3S/c1-32(30,31)27-8-5-22(6-9-27)17-4-7-25-12-19(17)28(21(22)29)13-18-20(23)16-3-2-15(24)10-14(16)11-26-18/h2-4,7,10-12H,5-6,8-9,13H2,1H3. The first-order chi connectivity index (χ1) is 15.2. The second-order valence-electron chi connectivity index (χ2n) is 8.28. The first-order valence-corrected chi connectivity index (χ1v) is 13.2. The largest absolute Gasteiger partial charge is 0.304 e. The summed E-state index contributed by atoms with van der Waals surface area (Å²) in [5, 5.41) is 2.51. The molecule has 3 aromatic rings. The molecule has 7 nitrogen and oxygen atoms in total. The summed E-state index contributed by atoms with van der Waals surface area (Å²) < 4.78 is 26.2. The number of carbonyl (C=O) groups excluding carboxylic acids is 1. The lowest BCUT2D eigenvalue weighted by Gasteiger charge is -2.37. The van der Waals surface area contributed by atoms with E-state index in [9.17, 15) is 13.2 Å². The molecule has 1 amide bonds. The number of fused-ring (bicyclic) bond motifs is 3. The minimum absolute atomic E-state index is 0.0291. The summed E-state index contributed by atoms with van der Waals surface area (Å²) in [6.07, 6.45) is 7.25. The average molecular weight is 536 g/mol. The van der Waals surface area contributed by atoms with Gasteiger partial charge in [0.05, 0.1) is 35.8 Å². The molecule has 2 aromatic heterocycles. The molecule has 0 aliphatic carbocycles. The highest BCUT2D eigenvalue weighted by atomic mass is 79.9. The van der Waals surface area contributed by atoms with Gasteiger partial charge >= 0.3 is 0 Å². The summed E-state index contributed by atoms with van der Waals surface area (Å²) >= 11 is 9.76. The van der Waals surface area contributed by atoms with E-state index in [-0.39, 0.29) is 12.5 Å². The van der Waals surface area contributed by atoms with Crippen molar-refractivity contribution in [3.8, 4) is 0 Å². The molecule has 0 atom stereocenters. The normalized spacial score (nSPS) is 18.5. The highest BCUT2D eigenvalue weighted by molar-refractivity contribution is 9.10. The van der Waals surface area contributed by atoms with E-state index >= 15 is 0 Å². The molecule has 0 radical (unpaired) electrons. The first-order valence-electron chi connectivity index (χ1n) is 10.1. The van der Waals surface area contributed by atoms with E-state index < -0.39 is 15.4 Å². The Kier molecular flexibility index (Phi) is 5.28. The number of hydrogen-bond acceptors (Lipinski definition) is 5. The third-order valence-electron chi connectivity index (χ3n) is 6.48. The lowest BCUT2D eigenvalue weighted by molar-refractivity contribution is -0.124. The molecule has 1 spiro atoms. The summed E-state index contributed by atoms with van der Waals surface area (Å²) in [6, 6.07) is 7.48. The van der Waals surface area contributed by atoms with E-state index in [1.807, 2.05) is 24.3 Å². The van der Waals surface area contributed by atoms with Crippen molar-refractivity contribution < 1.29 is 13.2 Å². The SMILES string of the molecule is CS(=O)(=O)N1CCC2(CC1)C(=O)N(Cc1ncc3cc(Cl)ccc3c1Br)c1cnccc12. The highest BCUT2D eigenvalue weighted by Crippen LogP contribution is 2.48. The van der Waals surface area contributed by atoms with E-state index in [1.54, 1.807) is 23.5 Å². The molecule has 0 bridgehead atoms. The molecule has 0 unspecified atom stereocenters. The fourth-order valence-corrected chi connectivity index (χ4v) is 6.40. The number of piperidine rings is 1. The van der Waals surface area contributed by atoms with Crippen LogP contribution < -0.4 is 4.90 Å². The number of rotatable bonds is 3. The molecule has 2 aliphatic rings. The van der Waals surface area contributed by atoms with E-state index in [2.05, 4.69) is 25.9 Å². The predicted molar refractivity (Wildman–Crippen MR) is 127 cm³/mol. The highest BCUT2D eigenvalue weighted by Gasteiger charge is 2.53. The summed E-state index contributed by atoms with van der Waals surface area (Å²) in [5.74, 6) is -0.0291. The van der Waals surface area contributed by atoms with E-state index in [0.717, 1.165) is 32.2 Å².